The lowest BCUT2D eigenvalue weighted by Gasteiger charge is -2.26. The molecule has 1 amide bonds. The topological polar surface area (TPSA) is 85.6 Å². The predicted molar refractivity (Wildman–Crippen MR) is 103 cm³/mol. The number of anilines is 1. The van der Waals surface area contributed by atoms with Gasteiger partial charge in [-0.2, -0.15) is 0 Å². The Kier molecular flexibility index (Phi) is 5.97. The van der Waals surface area contributed by atoms with Crippen LogP contribution in [0, 0.1) is 16.0 Å². The SMILES string of the molecule is CC(C)CN(C(=O)OC(C)(C)C)c1nc(-c2ccccc2[N+](=O)[O-])cs1. The zero-order chi connectivity index (χ0) is 19.5. The third kappa shape index (κ3) is 5.01. The molecule has 0 N–H and O–H groups in total. The largest absolute Gasteiger partial charge is 0.443 e. The molecule has 1 aromatic heterocycles. The first-order chi connectivity index (χ1) is 12.1. The van der Waals surface area contributed by atoms with Crippen molar-refractivity contribution in [2.75, 3.05) is 11.4 Å². The number of nitrogens with zero attached hydrogens (tertiary/aromatic N) is 3. The van der Waals surface area contributed by atoms with Gasteiger partial charge in [-0.25, -0.2) is 9.78 Å². The van der Waals surface area contributed by atoms with Gasteiger partial charge in [0, 0.05) is 18.0 Å². The minimum absolute atomic E-state index is 0.0166. The summed E-state index contributed by atoms with van der Waals surface area (Å²) in [5, 5.41) is 13.4. The van der Waals surface area contributed by atoms with Crippen LogP contribution in [0.5, 0.6) is 0 Å². The van der Waals surface area contributed by atoms with Crippen LogP contribution < -0.4 is 4.90 Å². The Morgan fingerprint density at radius 2 is 2.00 bits per heavy atom. The van der Waals surface area contributed by atoms with Gasteiger partial charge in [-0.1, -0.05) is 26.0 Å². The number of para-hydroxylation sites is 1. The number of rotatable bonds is 5. The van der Waals surface area contributed by atoms with Gasteiger partial charge in [-0.05, 0) is 32.8 Å². The number of aromatic nitrogens is 1. The van der Waals surface area contributed by atoms with E-state index in [1.165, 1.54) is 22.3 Å². The maximum Gasteiger partial charge on any atom is 0.416 e. The standard InChI is InChI=1S/C18H23N3O4S/c1-12(2)10-20(17(22)25-18(3,4)5)16-19-14(11-26-16)13-8-6-7-9-15(13)21(23)24/h6-9,11-12H,10H2,1-5H3. The van der Waals surface area contributed by atoms with Gasteiger partial charge in [0.1, 0.15) is 5.60 Å². The van der Waals surface area contributed by atoms with E-state index in [0.29, 0.717) is 22.9 Å². The minimum Gasteiger partial charge on any atom is -0.443 e. The van der Waals surface area contributed by atoms with Crippen LogP contribution in [0.15, 0.2) is 29.6 Å². The Morgan fingerprint density at radius 1 is 1.35 bits per heavy atom. The van der Waals surface area contributed by atoms with Gasteiger partial charge >= 0.3 is 6.09 Å². The monoisotopic (exact) mass is 377 g/mol. The van der Waals surface area contributed by atoms with Gasteiger partial charge in [0.25, 0.3) is 5.69 Å². The second-order valence-electron chi connectivity index (χ2n) is 7.27. The summed E-state index contributed by atoms with van der Waals surface area (Å²) in [6, 6.07) is 6.42. The number of amides is 1. The highest BCUT2D eigenvalue weighted by molar-refractivity contribution is 7.14. The van der Waals surface area contributed by atoms with Crippen LogP contribution in [0.2, 0.25) is 0 Å². The van der Waals surface area contributed by atoms with E-state index in [4.69, 9.17) is 4.74 Å². The van der Waals surface area contributed by atoms with E-state index in [0.717, 1.165) is 0 Å². The van der Waals surface area contributed by atoms with Crippen LogP contribution in [0.3, 0.4) is 0 Å². The van der Waals surface area contributed by atoms with Crippen molar-refractivity contribution in [1.29, 1.82) is 0 Å². The van der Waals surface area contributed by atoms with Crippen molar-refractivity contribution in [2.24, 2.45) is 5.92 Å². The second kappa shape index (κ2) is 7.82. The van der Waals surface area contributed by atoms with Crippen molar-refractivity contribution in [3.05, 3.63) is 39.8 Å². The summed E-state index contributed by atoms with van der Waals surface area (Å²) in [6.07, 6.45) is -0.477. The van der Waals surface area contributed by atoms with Gasteiger partial charge in [0.2, 0.25) is 0 Å². The summed E-state index contributed by atoms with van der Waals surface area (Å²) in [4.78, 5) is 29.3. The third-order valence-corrected chi connectivity index (χ3v) is 4.12. The summed E-state index contributed by atoms with van der Waals surface area (Å²) in [5.41, 5.74) is 0.255. The van der Waals surface area contributed by atoms with Gasteiger partial charge < -0.3 is 4.74 Å². The zero-order valence-corrected chi connectivity index (χ0v) is 16.4. The number of ether oxygens (including phenoxy) is 1. The highest BCUT2D eigenvalue weighted by Gasteiger charge is 2.27. The van der Waals surface area contributed by atoms with Crippen LogP contribution in [0.25, 0.3) is 11.3 Å². The Labute approximate surface area is 156 Å². The van der Waals surface area contributed by atoms with E-state index in [2.05, 4.69) is 4.98 Å². The molecule has 0 atom stereocenters. The van der Waals surface area contributed by atoms with Gasteiger partial charge in [0.05, 0.1) is 16.2 Å². The number of hydrogen-bond acceptors (Lipinski definition) is 6. The van der Waals surface area contributed by atoms with Crippen LogP contribution in [-0.2, 0) is 4.74 Å². The normalized spacial score (nSPS) is 11.5. The lowest BCUT2D eigenvalue weighted by Crippen LogP contribution is -2.39. The van der Waals surface area contributed by atoms with Crippen molar-refractivity contribution in [2.45, 2.75) is 40.2 Å². The van der Waals surface area contributed by atoms with Gasteiger partial charge in [0.15, 0.2) is 5.13 Å². The molecule has 0 radical (unpaired) electrons. The number of carbonyl (C=O) groups is 1. The number of benzene rings is 1. The quantitative estimate of drug-likeness (QED) is 0.533. The summed E-state index contributed by atoms with van der Waals surface area (Å²) in [7, 11) is 0. The smallest absolute Gasteiger partial charge is 0.416 e. The summed E-state index contributed by atoms with van der Waals surface area (Å²) < 4.78 is 5.48. The van der Waals surface area contributed by atoms with E-state index in [1.807, 2.05) is 13.8 Å². The number of carbonyl (C=O) groups excluding carboxylic acids is 1. The van der Waals surface area contributed by atoms with Gasteiger partial charge in [-0.3, -0.25) is 15.0 Å². The first kappa shape index (κ1) is 19.8. The fraction of sp³-hybridized carbons (Fsp3) is 0.444. The molecule has 0 unspecified atom stereocenters. The van der Waals surface area contributed by atoms with Crippen LogP contribution in [-0.4, -0.2) is 28.1 Å². The zero-order valence-electron chi connectivity index (χ0n) is 15.6. The minimum atomic E-state index is -0.620. The average Bonchev–Trinajstić information content (AvgIpc) is 3.00. The molecule has 0 aliphatic carbocycles. The van der Waals surface area contributed by atoms with Crippen molar-refractivity contribution in [1.82, 2.24) is 4.98 Å². The van der Waals surface area contributed by atoms with Crippen LogP contribution in [0.1, 0.15) is 34.6 Å². The first-order valence-corrected chi connectivity index (χ1v) is 9.16. The van der Waals surface area contributed by atoms with E-state index in [-0.39, 0.29) is 11.6 Å². The molecule has 0 saturated carbocycles. The van der Waals surface area contributed by atoms with Crippen molar-refractivity contribution in [3.8, 4) is 11.3 Å². The molecule has 0 aliphatic rings. The molecule has 0 bridgehead atoms. The van der Waals surface area contributed by atoms with Crippen molar-refractivity contribution < 1.29 is 14.5 Å². The Morgan fingerprint density at radius 3 is 2.58 bits per heavy atom. The van der Waals surface area contributed by atoms with Crippen molar-refractivity contribution >= 4 is 28.2 Å². The van der Waals surface area contributed by atoms with E-state index in [1.54, 1.807) is 44.4 Å². The molecular formula is C18H23N3O4S. The summed E-state index contributed by atoms with van der Waals surface area (Å²) in [5.74, 6) is 0.209. The molecule has 26 heavy (non-hydrogen) atoms. The molecule has 1 heterocycles. The van der Waals surface area contributed by atoms with Crippen molar-refractivity contribution in [3.63, 3.8) is 0 Å². The molecule has 2 aromatic rings. The summed E-state index contributed by atoms with van der Waals surface area (Å²) >= 11 is 1.26. The highest BCUT2D eigenvalue weighted by atomic mass is 32.1. The molecule has 7 nitrogen and oxygen atoms in total. The number of nitro groups is 1. The molecular weight excluding hydrogens is 354 g/mol. The van der Waals surface area contributed by atoms with E-state index < -0.39 is 16.6 Å². The fourth-order valence-electron chi connectivity index (χ4n) is 2.27. The van der Waals surface area contributed by atoms with E-state index >= 15 is 0 Å². The molecule has 0 aliphatic heterocycles. The fourth-order valence-corrected chi connectivity index (χ4v) is 3.10. The van der Waals surface area contributed by atoms with E-state index in [9.17, 15) is 14.9 Å². The second-order valence-corrected chi connectivity index (χ2v) is 8.11. The van der Waals surface area contributed by atoms with Gasteiger partial charge in [-0.15, -0.1) is 11.3 Å². The summed E-state index contributed by atoms with van der Waals surface area (Å²) in [6.45, 7) is 9.85. The predicted octanol–water partition coefficient (Wildman–Crippen LogP) is 5.12. The number of nitro benzene ring substituents is 1. The maximum atomic E-state index is 12.6. The third-order valence-electron chi connectivity index (χ3n) is 3.26. The lowest BCUT2D eigenvalue weighted by atomic mass is 10.1. The highest BCUT2D eigenvalue weighted by Crippen LogP contribution is 2.33. The Hall–Kier alpha value is -2.48. The maximum absolute atomic E-state index is 12.6. The van der Waals surface area contributed by atoms with Crippen LogP contribution >= 0.6 is 11.3 Å². The Bertz CT molecular complexity index is 796. The molecule has 0 fully saturated rings. The number of thiazole rings is 1. The van der Waals surface area contributed by atoms with Crippen LogP contribution in [0.4, 0.5) is 15.6 Å². The lowest BCUT2D eigenvalue weighted by molar-refractivity contribution is -0.384. The first-order valence-electron chi connectivity index (χ1n) is 8.28. The molecule has 8 heteroatoms. The average molecular weight is 377 g/mol. The number of hydrogen-bond donors (Lipinski definition) is 0. The molecule has 1 aromatic carbocycles. The molecule has 140 valence electrons. The molecule has 0 spiro atoms. The molecule has 0 saturated heterocycles. The Balaban J connectivity index is 2.38. The molecule has 2 rings (SSSR count).